The number of aryl methyl sites for hydroxylation is 2. The molecule has 0 unspecified atom stereocenters. The third-order valence-electron chi connectivity index (χ3n) is 2.66. The lowest BCUT2D eigenvalue weighted by atomic mass is 10.1. The highest BCUT2D eigenvalue weighted by Gasteiger charge is 2.07. The SMILES string of the molecule is CNc1nc(Br)c(CCc2ccc(OC)cc2)s1. The molecular formula is C13H15BrN2OS. The predicted molar refractivity (Wildman–Crippen MR) is 79.8 cm³/mol. The number of ether oxygens (including phenoxy) is 1. The molecule has 0 amide bonds. The molecule has 0 aliphatic rings. The number of nitrogens with zero attached hydrogens (tertiary/aromatic N) is 1. The quantitative estimate of drug-likeness (QED) is 0.908. The van der Waals surface area contributed by atoms with Crippen molar-refractivity contribution in [1.29, 1.82) is 0 Å². The van der Waals surface area contributed by atoms with Gasteiger partial charge in [0.1, 0.15) is 10.4 Å². The summed E-state index contributed by atoms with van der Waals surface area (Å²) in [6, 6.07) is 8.20. The summed E-state index contributed by atoms with van der Waals surface area (Å²) in [6.07, 6.45) is 2.00. The third kappa shape index (κ3) is 3.23. The van der Waals surface area contributed by atoms with Crippen LogP contribution in [0.5, 0.6) is 5.75 Å². The van der Waals surface area contributed by atoms with E-state index in [1.165, 1.54) is 10.4 Å². The number of anilines is 1. The monoisotopic (exact) mass is 326 g/mol. The lowest BCUT2D eigenvalue weighted by Crippen LogP contribution is -1.90. The molecule has 96 valence electrons. The lowest BCUT2D eigenvalue weighted by Gasteiger charge is -2.02. The van der Waals surface area contributed by atoms with Gasteiger partial charge < -0.3 is 10.1 Å². The summed E-state index contributed by atoms with van der Waals surface area (Å²) in [5.41, 5.74) is 1.31. The molecule has 0 saturated heterocycles. The van der Waals surface area contributed by atoms with E-state index in [1.807, 2.05) is 19.2 Å². The van der Waals surface area contributed by atoms with Gasteiger partial charge in [-0.2, -0.15) is 0 Å². The first-order valence-corrected chi connectivity index (χ1v) is 7.29. The fraction of sp³-hybridized carbons (Fsp3) is 0.308. The van der Waals surface area contributed by atoms with Crippen molar-refractivity contribution in [3.8, 4) is 5.75 Å². The van der Waals surface area contributed by atoms with Crippen molar-refractivity contribution < 1.29 is 4.74 Å². The molecule has 18 heavy (non-hydrogen) atoms. The lowest BCUT2D eigenvalue weighted by molar-refractivity contribution is 0.414. The molecule has 2 rings (SSSR count). The van der Waals surface area contributed by atoms with E-state index in [-0.39, 0.29) is 0 Å². The number of thiazole rings is 1. The molecule has 5 heteroatoms. The van der Waals surface area contributed by atoms with Crippen LogP contribution in [-0.4, -0.2) is 19.1 Å². The zero-order valence-corrected chi connectivity index (χ0v) is 12.8. The smallest absolute Gasteiger partial charge is 0.183 e. The Kier molecular flexibility index (Phi) is 4.60. The molecule has 1 aromatic heterocycles. The Hall–Kier alpha value is -1.07. The molecule has 2 aromatic rings. The van der Waals surface area contributed by atoms with Gasteiger partial charge in [0.15, 0.2) is 5.13 Å². The van der Waals surface area contributed by atoms with E-state index in [1.54, 1.807) is 18.4 Å². The number of aromatic nitrogens is 1. The maximum atomic E-state index is 5.15. The number of nitrogens with one attached hydrogen (secondary N) is 1. The zero-order chi connectivity index (χ0) is 13.0. The standard InChI is InChI=1S/C13H15BrN2OS/c1-15-13-16-12(14)11(18-13)8-5-9-3-6-10(17-2)7-4-9/h3-4,6-7H,5,8H2,1-2H3,(H,15,16). The van der Waals surface area contributed by atoms with E-state index in [9.17, 15) is 0 Å². The second-order valence-electron chi connectivity index (χ2n) is 3.83. The largest absolute Gasteiger partial charge is 0.497 e. The first kappa shape index (κ1) is 13.4. The van der Waals surface area contributed by atoms with Gasteiger partial charge in [0, 0.05) is 11.9 Å². The number of hydrogen-bond acceptors (Lipinski definition) is 4. The molecule has 3 nitrogen and oxygen atoms in total. The second kappa shape index (κ2) is 6.20. The highest BCUT2D eigenvalue weighted by Crippen LogP contribution is 2.28. The maximum absolute atomic E-state index is 5.15. The Morgan fingerprint density at radius 3 is 2.56 bits per heavy atom. The predicted octanol–water partition coefficient (Wildman–Crippen LogP) is 3.74. The summed E-state index contributed by atoms with van der Waals surface area (Å²) >= 11 is 5.19. The van der Waals surface area contributed by atoms with Gasteiger partial charge in [-0.1, -0.05) is 12.1 Å². The third-order valence-corrected chi connectivity index (χ3v) is 4.71. The van der Waals surface area contributed by atoms with Crippen LogP contribution in [0.4, 0.5) is 5.13 Å². The topological polar surface area (TPSA) is 34.2 Å². The minimum atomic E-state index is 0.898. The normalized spacial score (nSPS) is 10.4. The van der Waals surface area contributed by atoms with Crippen LogP contribution in [0.25, 0.3) is 0 Å². The van der Waals surface area contributed by atoms with E-state index >= 15 is 0 Å². The highest BCUT2D eigenvalue weighted by atomic mass is 79.9. The Balaban J connectivity index is 1.99. The molecule has 0 spiro atoms. The van der Waals surface area contributed by atoms with Gasteiger partial charge >= 0.3 is 0 Å². The molecule has 1 heterocycles. The van der Waals surface area contributed by atoms with Crippen molar-refractivity contribution in [3.05, 3.63) is 39.3 Å². The van der Waals surface area contributed by atoms with Gasteiger partial charge in [0.05, 0.1) is 7.11 Å². The number of methoxy groups -OCH3 is 1. The molecule has 1 aromatic carbocycles. The molecule has 0 aliphatic carbocycles. The first-order valence-electron chi connectivity index (χ1n) is 5.69. The maximum Gasteiger partial charge on any atom is 0.183 e. The molecular weight excluding hydrogens is 312 g/mol. The van der Waals surface area contributed by atoms with Crippen LogP contribution in [0.2, 0.25) is 0 Å². The van der Waals surface area contributed by atoms with Gasteiger partial charge in [-0.25, -0.2) is 4.98 Å². The number of hydrogen-bond donors (Lipinski definition) is 1. The van der Waals surface area contributed by atoms with Crippen molar-refractivity contribution in [2.75, 3.05) is 19.5 Å². The van der Waals surface area contributed by atoms with Gasteiger partial charge in [0.2, 0.25) is 0 Å². The summed E-state index contributed by atoms with van der Waals surface area (Å²) in [5.74, 6) is 0.898. The van der Waals surface area contributed by atoms with Gasteiger partial charge in [-0.05, 0) is 46.5 Å². The number of benzene rings is 1. The average Bonchev–Trinajstić information content (AvgIpc) is 2.77. The van der Waals surface area contributed by atoms with Crippen LogP contribution < -0.4 is 10.1 Å². The summed E-state index contributed by atoms with van der Waals surface area (Å²) in [4.78, 5) is 5.65. The van der Waals surface area contributed by atoms with Crippen molar-refractivity contribution in [3.63, 3.8) is 0 Å². The van der Waals surface area contributed by atoms with Crippen LogP contribution in [0, 0.1) is 0 Å². The first-order chi connectivity index (χ1) is 8.72. The molecule has 0 aliphatic heterocycles. The molecule has 0 bridgehead atoms. The van der Waals surface area contributed by atoms with Crippen LogP contribution in [0.15, 0.2) is 28.9 Å². The minimum Gasteiger partial charge on any atom is -0.497 e. The Morgan fingerprint density at radius 1 is 1.28 bits per heavy atom. The Bertz CT molecular complexity index is 510. The van der Waals surface area contributed by atoms with Gasteiger partial charge in [0.25, 0.3) is 0 Å². The molecule has 0 fully saturated rings. The molecule has 0 saturated carbocycles. The van der Waals surface area contributed by atoms with Crippen molar-refractivity contribution >= 4 is 32.4 Å². The Labute approximate surface area is 119 Å². The fourth-order valence-corrected chi connectivity index (χ4v) is 3.19. The minimum absolute atomic E-state index is 0.898. The summed E-state index contributed by atoms with van der Waals surface area (Å²) < 4.78 is 6.09. The Morgan fingerprint density at radius 2 is 2.00 bits per heavy atom. The van der Waals surface area contributed by atoms with E-state index in [4.69, 9.17) is 4.74 Å². The van der Waals surface area contributed by atoms with Crippen LogP contribution in [0.1, 0.15) is 10.4 Å². The van der Waals surface area contributed by atoms with E-state index < -0.39 is 0 Å². The molecule has 0 radical (unpaired) electrons. The summed E-state index contributed by atoms with van der Waals surface area (Å²) in [5, 5.41) is 4.01. The average molecular weight is 327 g/mol. The van der Waals surface area contributed by atoms with Crippen molar-refractivity contribution in [2.24, 2.45) is 0 Å². The molecule has 1 N–H and O–H groups in total. The van der Waals surface area contributed by atoms with Gasteiger partial charge in [-0.3, -0.25) is 0 Å². The van der Waals surface area contributed by atoms with Gasteiger partial charge in [-0.15, -0.1) is 11.3 Å². The van der Waals surface area contributed by atoms with Crippen LogP contribution in [0.3, 0.4) is 0 Å². The van der Waals surface area contributed by atoms with Crippen molar-refractivity contribution in [1.82, 2.24) is 4.98 Å². The highest BCUT2D eigenvalue weighted by molar-refractivity contribution is 9.10. The van der Waals surface area contributed by atoms with E-state index in [0.29, 0.717) is 0 Å². The van der Waals surface area contributed by atoms with Crippen molar-refractivity contribution in [2.45, 2.75) is 12.8 Å². The fourth-order valence-electron chi connectivity index (χ4n) is 1.64. The van der Waals surface area contributed by atoms with Crippen LogP contribution >= 0.6 is 27.3 Å². The second-order valence-corrected chi connectivity index (χ2v) is 5.67. The van der Waals surface area contributed by atoms with E-state index in [2.05, 4.69) is 38.4 Å². The number of rotatable bonds is 5. The zero-order valence-electron chi connectivity index (χ0n) is 10.4. The summed E-state index contributed by atoms with van der Waals surface area (Å²) in [6.45, 7) is 0. The molecule has 0 atom stereocenters. The summed E-state index contributed by atoms with van der Waals surface area (Å²) in [7, 11) is 3.57. The van der Waals surface area contributed by atoms with E-state index in [0.717, 1.165) is 28.3 Å². The van der Waals surface area contributed by atoms with Crippen LogP contribution in [-0.2, 0) is 12.8 Å². The number of halogens is 1.